The summed E-state index contributed by atoms with van der Waals surface area (Å²) >= 11 is 0. The van der Waals surface area contributed by atoms with Gasteiger partial charge in [0.25, 0.3) is 0 Å². The Hall–Kier alpha value is -3.19. The van der Waals surface area contributed by atoms with Crippen LogP contribution in [0.15, 0.2) is 48.7 Å². The van der Waals surface area contributed by atoms with E-state index >= 15 is 0 Å². The first kappa shape index (κ1) is 14.4. The summed E-state index contributed by atoms with van der Waals surface area (Å²) < 4.78 is 4.18. The highest BCUT2D eigenvalue weighted by Gasteiger charge is 2.18. The van der Waals surface area contributed by atoms with Gasteiger partial charge in [-0.15, -0.1) is 0 Å². The van der Waals surface area contributed by atoms with Crippen molar-refractivity contribution in [2.45, 2.75) is 13.5 Å². The van der Waals surface area contributed by atoms with Crippen molar-refractivity contribution in [3.8, 4) is 23.1 Å². The molecule has 2 aromatic carbocycles. The number of fused-ring (bicyclic) bond motifs is 2. The number of aromatic nitrogens is 2. The lowest BCUT2D eigenvalue weighted by Gasteiger charge is -2.09. The molecule has 4 rings (SSSR count). The van der Waals surface area contributed by atoms with Crippen LogP contribution in [-0.2, 0) is 13.6 Å². The molecule has 2 heterocycles. The lowest BCUT2D eigenvalue weighted by atomic mass is 10.0. The molecule has 0 aliphatic rings. The van der Waals surface area contributed by atoms with Gasteiger partial charge >= 0.3 is 0 Å². The molecular weight excluding hydrogens is 298 g/mol. The Morgan fingerprint density at radius 2 is 1.92 bits per heavy atom. The first-order valence-corrected chi connectivity index (χ1v) is 7.94. The van der Waals surface area contributed by atoms with E-state index in [1.54, 1.807) is 12.1 Å². The van der Waals surface area contributed by atoms with E-state index in [2.05, 4.69) is 46.4 Å². The second kappa shape index (κ2) is 5.17. The minimum atomic E-state index is 0.212. The van der Waals surface area contributed by atoms with Crippen LogP contribution in [0.25, 0.3) is 33.1 Å². The maximum atomic E-state index is 9.84. The van der Waals surface area contributed by atoms with Crippen LogP contribution in [0.1, 0.15) is 12.5 Å². The summed E-state index contributed by atoms with van der Waals surface area (Å²) in [7, 11) is 2.02. The van der Waals surface area contributed by atoms with Crippen LogP contribution in [0, 0.1) is 11.3 Å². The van der Waals surface area contributed by atoms with E-state index in [9.17, 15) is 10.4 Å². The molecule has 4 nitrogen and oxygen atoms in total. The van der Waals surface area contributed by atoms with Gasteiger partial charge in [-0.3, -0.25) is 0 Å². The van der Waals surface area contributed by atoms with Crippen molar-refractivity contribution < 1.29 is 5.11 Å². The van der Waals surface area contributed by atoms with Crippen molar-refractivity contribution in [1.29, 1.82) is 5.26 Å². The van der Waals surface area contributed by atoms with Crippen LogP contribution in [0.2, 0.25) is 0 Å². The molecule has 0 aliphatic carbocycles. The molecule has 0 radical (unpaired) electrons. The number of rotatable bonds is 2. The molecule has 0 saturated heterocycles. The molecule has 0 saturated carbocycles. The summed E-state index contributed by atoms with van der Waals surface area (Å²) in [6, 6.07) is 15.9. The zero-order chi connectivity index (χ0) is 16.8. The molecule has 0 bridgehead atoms. The van der Waals surface area contributed by atoms with E-state index in [4.69, 9.17) is 0 Å². The van der Waals surface area contributed by atoms with Gasteiger partial charge in [0, 0.05) is 47.7 Å². The van der Waals surface area contributed by atoms with Crippen molar-refractivity contribution in [3.63, 3.8) is 0 Å². The predicted octanol–water partition coefficient (Wildman–Crippen LogP) is 4.40. The van der Waals surface area contributed by atoms with Crippen molar-refractivity contribution in [2.24, 2.45) is 7.05 Å². The molecule has 2 aromatic heterocycles. The normalized spacial score (nSPS) is 11.2. The van der Waals surface area contributed by atoms with Crippen molar-refractivity contribution in [1.82, 2.24) is 9.13 Å². The van der Waals surface area contributed by atoms with Gasteiger partial charge in [-0.1, -0.05) is 6.07 Å². The van der Waals surface area contributed by atoms with Crippen LogP contribution < -0.4 is 0 Å². The molecule has 0 unspecified atom stereocenters. The molecule has 1 N–H and O–H groups in total. The Morgan fingerprint density at radius 1 is 1.08 bits per heavy atom. The molecule has 0 fully saturated rings. The summed E-state index contributed by atoms with van der Waals surface area (Å²) in [6.45, 7) is 2.78. The average Bonchev–Trinajstić information content (AvgIpc) is 3.11. The molecule has 24 heavy (non-hydrogen) atoms. The van der Waals surface area contributed by atoms with E-state index in [1.807, 2.05) is 19.3 Å². The minimum absolute atomic E-state index is 0.212. The van der Waals surface area contributed by atoms with Crippen LogP contribution in [0.3, 0.4) is 0 Å². The molecule has 0 spiro atoms. The number of aryl methyl sites for hydroxylation is 2. The van der Waals surface area contributed by atoms with E-state index in [0.29, 0.717) is 5.56 Å². The fraction of sp³-hybridized carbons (Fsp3) is 0.150. The maximum absolute atomic E-state index is 9.84. The summed E-state index contributed by atoms with van der Waals surface area (Å²) in [5.41, 5.74) is 4.63. The van der Waals surface area contributed by atoms with Crippen LogP contribution in [0.4, 0.5) is 0 Å². The predicted molar refractivity (Wildman–Crippen MR) is 95.9 cm³/mol. The van der Waals surface area contributed by atoms with Crippen molar-refractivity contribution in [3.05, 3.63) is 54.2 Å². The zero-order valence-corrected chi connectivity index (χ0v) is 13.6. The van der Waals surface area contributed by atoms with E-state index < -0.39 is 0 Å². The van der Waals surface area contributed by atoms with Crippen molar-refractivity contribution >= 4 is 21.8 Å². The number of hydrogen-bond acceptors (Lipinski definition) is 2. The number of nitriles is 1. The Balaban J connectivity index is 2.09. The van der Waals surface area contributed by atoms with Gasteiger partial charge in [0.05, 0.1) is 16.8 Å². The fourth-order valence-corrected chi connectivity index (χ4v) is 3.51. The van der Waals surface area contributed by atoms with Gasteiger partial charge in [0.2, 0.25) is 0 Å². The first-order valence-electron chi connectivity index (χ1n) is 7.94. The molecule has 4 aromatic rings. The number of hydrogen-bond donors (Lipinski definition) is 1. The standard InChI is InChI=1S/C20H17N3O/c1-3-23-19-11-15(24)5-6-16(19)17(12-21)20(23)14-4-7-18-13(10-14)8-9-22(18)2/h4-11,24H,3H2,1-2H3. The van der Waals surface area contributed by atoms with E-state index in [-0.39, 0.29) is 5.75 Å². The van der Waals surface area contributed by atoms with Gasteiger partial charge in [-0.25, -0.2) is 0 Å². The van der Waals surface area contributed by atoms with Crippen molar-refractivity contribution in [2.75, 3.05) is 0 Å². The first-order chi connectivity index (χ1) is 11.6. The summed E-state index contributed by atoms with van der Waals surface area (Å²) in [5.74, 6) is 0.212. The van der Waals surface area contributed by atoms with Gasteiger partial charge in [-0.2, -0.15) is 5.26 Å². The molecular formula is C20H17N3O. The molecule has 0 aliphatic heterocycles. The molecule has 0 amide bonds. The van der Waals surface area contributed by atoms with Gasteiger partial charge in [0.15, 0.2) is 0 Å². The highest BCUT2D eigenvalue weighted by molar-refractivity contribution is 5.96. The molecule has 4 heteroatoms. The monoisotopic (exact) mass is 315 g/mol. The summed E-state index contributed by atoms with van der Waals surface area (Å²) in [6.07, 6.45) is 2.03. The van der Waals surface area contributed by atoms with Gasteiger partial charge in [-0.05, 0) is 37.3 Å². The highest BCUT2D eigenvalue weighted by Crippen LogP contribution is 2.36. The Morgan fingerprint density at radius 3 is 2.67 bits per heavy atom. The topological polar surface area (TPSA) is 53.9 Å². The van der Waals surface area contributed by atoms with Crippen LogP contribution >= 0.6 is 0 Å². The quantitative estimate of drug-likeness (QED) is 0.596. The van der Waals surface area contributed by atoms with E-state index in [1.165, 1.54) is 0 Å². The zero-order valence-electron chi connectivity index (χ0n) is 13.6. The van der Waals surface area contributed by atoms with E-state index in [0.717, 1.165) is 39.6 Å². The fourth-order valence-electron chi connectivity index (χ4n) is 3.51. The SMILES string of the molecule is CCn1c(-c2ccc3c(ccn3C)c2)c(C#N)c2ccc(O)cc21. The number of nitrogens with zero attached hydrogens (tertiary/aromatic N) is 3. The molecule has 0 atom stereocenters. The Labute approximate surface area is 139 Å². The smallest absolute Gasteiger partial charge is 0.117 e. The number of phenolic OH excluding ortho intramolecular Hbond substituents is 1. The number of benzene rings is 2. The second-order valence-electron chi connectivity index (χ2n) is 5.98. The third-order valence-electron chi connectivity index (χ3n) is 4.63. The van der Waals surface area contributed by atoms with Crippen LogP contribution in [0.5, 0.6) is 5.75 Å². The summed E-state index contributed by atoms with van der Waals surface area (Å²) in [5, 5.41) is 21.6. The second-order valence-corrected chi connectivity index (χ2v) is 5.98. The maximum Gasteiger partial charge on any atom is 0.117 e. The average molecular weight is 315 g/mol. The highest BCUT2D eigenvalue weighted by atomic mass is 16.3. The lowest BCUT2D eigenvalue weighted by molar-refractivity contribution is 0.476. The Kier molecular flexibility index (Phi) is 3.10. The summed E-state index contributed by atoms with van der Waals surface area (Å²) in [4.78, 5) is 0. The minimum Gasteiger partial charge on any atom is -0.508 e. The number of aromatic hydroxyl groups is 1. The van der Waals surface area contributed by atoms with Gasteiger partial charge < -0.3 is 14.2 Å². The third-order valence-corrected chi connectivity index (χ3v) is 4.63. The number of phenols is 1. The Bertz CT molecular complexity index is 1130. The van der Waals surface area contributed by atoms with Gasteiger partial charge in [0.1, 0.15) is 11.8 Å². The van der Waals surface area contributed by atoms with Crippen LogP contribution in [-0.4, -0.2) is 14.2 Å². The largest absolute Gasteiger partial charge is 0.508 e. The lowest BCUT2D eigenvalue weighted by Crippen LogP contribution is -1.97. The molecule has 118 valence electrons. The third kappa shape index (κ3) is 1.92.